The van der Waals surface area contributed by atoms with Crippen LogP contribution in [0.3, 0.4) is 0 Å². The van der Waals surface area contributed by atoms with Gasteiger partial charge in [-0.3, -0.25) is 4.99 Å². The summed E-state index contributed by atoms with van der Waals surface area (Å²) in [5, 5.41) is 7.14. The first-order valence-corrected chi connectivity index (χ1v) is 9.60. The zero-order valence-electron chi connectivity index (χ0n) is 16.9. The summed E-state index contributed by atoms with van der Waals surface area (Å²) in [6.45, 7) is 14.4. The molecule has 1 heterocycles. The van der Waals surface area contributed by atoms with E-state index in [1.54, 1.807) is 0 Å². The van der Waals surface area contributed by atoms with Crippen LogP contribution in [0.25, 0.3) is 0 Å². The van der Waals surface area contributed by atoms with E-state index in [9.17, 15) is 0 Å². The number of aryl methyl sites for hydroxylation is 1. The van der Waals surface area contributed by atoms with Crippen molar-refractivity contribution in [1.82, 2.24) is 15.5 Å². The molecule has 0 spiro atoms. The molecule has 1 fully saturated rings. The monoisotopic (exact) mass is 344 g/mol. The van der Waals surface area contributed by atoms with Gasteiger partial charge in [0, 0.05) is 44.2 Å². The molecule has 1 aromatic rings. The summed E-state index contributed by atoms with van der Waals surface area (Å²) >= 11 is 0. The first-order valence-electron chi connectivity index (χ1n) is 9.60. The van der Waals surface area contributed by atoms with Gasteiger partial charge in [-0.25, -0.2) is 0 Å². The summed E-state index contributed by atoms with van der Waals surface area (Å²) in [5.41, 5.74) is 2.72. The molecule has 0 bridgehead atoms. The Morgan fingerprint density at radius 3 is 2.32 bits per heavy atom. The number of nitrogens with one attached hydrogen (secondary N) is 2. The minimum Gasteiger partial charge on any atom is -0.356 e. The van der Waals surface area contributed by atoms with Crippen molar-refractivity contribution >= 4 is 5.96 Å². The smallest absolute Gasteiger partial charge is 0.191 e. The lowest BCUT2D eigenvalue weighted by Crippen LogP contribution is -2.51. The number of piperidine rings is 1. The highest BCUT2D eigenvalue weighted by Gasteiger charge is 2.23. The van der Waals surface area contributed by atoms with Crippen LogP contribution >= 0.6 is 0 Å². The van der Waals surface area contributed by atoms with Crippen molar-refractivity contribution in [2.24, 2.45) is 4.99 Å². The minimum absolute atomic E-state index is 0.0618. The van der Waals surface area contributed by atoms with Crippen molar-refractivity contribution in [3.8, 4) is 0 Å². The van der Waals surface area contributed by atoms with E-state index in [4.69, 9.17) is 0 Å². The van der Waals surface area contributed by atoms with Crippen LogP contribution < -0.4 is 10.6 Å². The topological polar surface area (TPSA) is 39.7 Å². The van der Waals surface area contributed by atoms with E-state index in [2.05, 4.69) is 79.4 Å². The predicted molar refractivity (Wildman–Crippen MR) is 108 cm³/mol. The van der Waals surface area contributed by atoms with Crippen LogP contribution in [0, 0.1) is 6.92 Å². The summed E-state index contributed by atoms with van der Waals surface area (Å²) in [6.07, 6.45) is 2.36. The number of aliphatic imine (C=N–C) groups is 1. The van der Waals surface area contributed by atoms with Crippen molar-refractivity contribution in [3.63, 3.8) is 0 Å². The molecule has 0 radical (unpaired) electrons. The van der Waals surface area contributed by atoms with Gasteiger partial charge in [-0.15, -0.1) is 0 Å². The average Bonchev–Trinajstić information content (AvgIpc) is 2.59. The van der Waals surface area contributed by atoms with Gasteiger partial charge in [-0.2, -0.15) is 0 Å². The van der Waals surface area contributed by atoms with Gasteiger partial charge >= 0.3 is 0 Å². The zero-order chi connectivity index (χ0) is 18.4. The van der Waals surface area contributed by atoms with Gasteiger partial charge in [-0.1, -0.05) is 43.7 Å². The van der Waals surface area contributed by atoms with Crippen LogP contribution in [-0.4, -0.2) is 49.6 Å². The maximum atomic E-state index is 4.43. The summed E-state index contributed by atoms with van der Waals surface area (Å²) in [7, 11) is 1.86. The van der Waals surface area contributed by atoms with E-state index < -0.39 is 0 Å². The molecular weight excluding hydrogens is 308 g/mol. The summed E-state index contributed by atoms with van der Waals surface area (Å²) < 4.78 is 0. The maximum absolute atomic E-state index is 4.43. The molecule has 0 aromatic heterocycles. The second kappa shape index (κ2) is 8.70. The Morgan fingerprint density at radius 1 is 1.20 bits per heavy atom. The second-order valence-electron chi connectivity index (χ2n) is 8.22. The molecule has 1 aliphatic rings. The van der Waals surface area contributed by atoms with Crippen molar-refractivity contribution in [1.29, 1.82) is 0 Å². The van der Waals surface area contributed by atoms with Crippen LogP contribution in [0.2, 0.25) is 0 Å². The highest BCUT2D eigenvalue weighted by atomic mass is 15.2. The Kier molecular flexibility index (Phi) is 6.88. The fraction of sp³-hybridized carbons (Fsp3) is 0.667. The van der Waals surface area contributed by atoms with Crippen molar-refractivity contribution in [3.05, 3.63) is 35.4 Å². The maximum Gasteiger partial charge on any atom is 0.191 e. The Morgan fingerprint density at radius 2 is 1.80 bits per heavy atom. The molecule has 0 saturated carbocycles. The molecule has 0 atom stereocenters. The summed E-state index contributed by atoms with van der Waals surface area (Å²) in [6, 6.07) is 10.0. The SMILES string of the molecule is CN=C(NCC(C)(C)c1ccc(C)cc1)NC1CCN(C(C)C)CC1. The van der Waals surface area contributed by atoms with Gasteiger partial charge in [0.25, 0.3) is 0 Å². The fourth-order valence-electron chi connectivity index (χ4n) is 3.36. The third-order valence-electron chi connectivity index (χ3n) is 5.36. The van der Waals surface area contributed by atoms with E-state index >= 15 is 0 Å². The summed E-state index contributed by atoms with van der Waals surface area (Å²) in [4.78, 5) is 6.98. The van der Waals surface area contributed by atoms with Crippen molar-refractivity contribution in [2.45, 2.75) is 65.0 Å². The fourth-order valence-corrected chi connectivity index (χ4v) is 3.36. The molecule has 2 rings (SSSR count). The van der Waals surface area contributed by atoms with Gasteiger partial charge < -0.3 is 15.5 Å². The van der Waals surface area contributed by atoms with Crippen LogP contribution in [0.5, 0.6) is 0 Å². The van der Waals surface area contributed by atoms with Crippen LogP contribution in [0.15, 0.2) is 29.3 Å². The van der Waals surface area contributed by atoms with E-state index in [1.165, 1.54) is 37.1 Å². The molecule has 1 aliphatic heterocycles. The lowest BCUT2D eigenvalue weighted by molar-refractivity contribution is 0.167. The normalized spacial score (nSPS) is 17.8. The van der Waals surface area contributed by atoms with Crippen LogP contribution in [-0.2, 0) is 5.41 Å². The highest BCUT2D eigenvalue weighted by molar-refractivity contribution is 5.80. The van der Waals surface area contributed by atoms with Gasteiger partial charge in [0.05, 0.1) is 0 Å². The van der Waals surface area contributed by atoms with E-state index in [-0.39, 0.29) is 5.41 Å². The van der Waals surface area contributed by atoms with Gasteiger partial charge in [0.2, 0.25) is 0 Å². The molecule has 1 saturated heterocycles. The van der Waals surface area contributed by atoms with Crippen molar-refractivity contribution in [2.75, 3.05) is 26.7 Å². The Hall–Kier alpha value is -1.55. The third kappa shape index (κ3) is 5.74. The van der Waals surface area contributed by atoms with E-state index in [0.29, 0.717) is 12.1 Å². The number of guanidine groups is 1. The zero-order valence-corrected chi connectivity index (χ0v) is 16.9. The second-order valence-corrected chi connectivity index (χ2v) is 8.22. The average molecular weight is 345 g/mol. The number of benzene rings is 1. The Labute approximate surface area is 154 Å². The molecule has 0 amide bonds. The van der Waals surface area contributed by atoms with E-state index in [0.717, 1.165) is 12.5 Å². The van der Waals surface area contributed by atoms with Crippen molar-refractivity contribution < 1.29 is 0 Å². The van der Waals surface area contributed by atoms with Gasteiger partial charge in [0.15, 0.2) is 5.96 Å². The molecule has 25 heavy (non-hydrogen) atoms. The molecule has 2 N–H and O–H groups in total. The van der Waals surface area contributed by atoms with E-state index in [1.807, 2.05) is 7.05 Å². The molecule has 140 valence electrons. The standard InChI is InChI=1S/C21H36N4/c1-16(2)25-13-11-19(12-14-25)24-20(22-6)23-15-21(4,5)18-9-7-17(3)8-10-18/h7-10,16,19H,11-15H2,1-6H3,(H2,22,23,24). The highest BCUT2D eigenvalue weighted by Crippen LogP contribution is 2.22. The number of hydrogen-bond donors (Lipinski definition) is 2. The first-order chi connectivity index (χ1) is 11.8. The molecule has 0 unspecified atom stereocenters. The lowest BCUT2D eigenvalue weighted by Gasteiger charge is -2.35. The summed E-state index contributed by atoms with van der Waals surface area (Å²) in [5.74, 6) is 0.920. The van der Waals surface area contributed by atoms with Gasteiger partial charge in [0.1, 0.15) is 0 Å². The van der Waals surface area contributed by atoms with Crippen LogP contribution in [0.4, 0.5) is 0 Å². The molecule has 0 aliphatic carbocycles. The number of likely N-dealkylation sites (tertiary alicyclic amines) is 1. The Balaban J connectivity index is 1.85. The number of rotatable bonds is 5. The predicted octanol–water partition coefficient (Wildman–Crippen LogP) is 3.31. The van der Waals surface area contributed by atoms with Crippen LogP contribution in [0.1, 0.15) is 51.7 Å². The molecular formula is C21H36N4. The largest absolute Gasteiger partial charge is 0.356 e. The number of hydrogen-bond acceptors (Lipinski definition) is 2. The minimum atomic E-state index is 0.0618. The number of nitrogens with zero attached hydrogens (tertiary/aromatic N) is 2. The third-order valence-corrected chi connectivity index (χ3v) is 5.36. The molecule has 4 heteroatoms. The molecule has 1 aromatic carbocycles. The first kappa shape index (κ1) is 19.8. The van der Waals surface area contributed by atoms with Gasteiger partial charge in [-0.05, 0) is 39.2 Å². The molecule has 4 nitrogen and oxygen atoms in total. The quantitative estimate of drug-likeness (QED) is 0.636. The lowest BCUT2D eigenvalue weighted by atomic mass is 9.84. The Bertz CT molecular complexity index is 552.